The topological polar surface area (TPSA) is 118 Å². The molecule has 0 aliphatic carbocycles. The lowest BCUT2D eigenvalue weighted by atomic mass is 9.95. The Morgan fingerprint density at radius 1 is 1.39 bits per heavy atom. The van der Waals surface area contributed by atoms with Gasteiger partial charge in [0.2, 0.25) is 21.9 Å². The predicted octanol–water partition coefficient (Wildman–Crippen LogP) is 1.85. The van der Waals surface area contributed by atoms with Gasteiger partial charge in [-0.1, -0.05) is 6.92 Å². The third-order valence-electron chi connectivity index (χ3n) is 5.26. The van der Waals surface area contributed by atoms with Crippen molar-refractivity contribution in [2.45, 2.75) is 25.8 Å². The SMILES string of the molecule is C[C@@H]1CN(S(C)(=O)=O)CC[C@@H]1Nc1nc2ccc(-c3cn[nH]c3)c(OCC(F)F)n2n1. The number of aromatic nitrogens is 5. The lowest BCUT2D eigenvalue weighted by Crippen LogP contribution is -2.47. The molecule has 1 fully saturated rings. The minimum Gasteiger partial charge on any atom is -0.471 e. The third-order valence-corrected chi connectivity index (χ3v) is 6.53. The van der Waals surface area contributed by atoms with E-state index in [1.807, 2.05) is 6.92 Å². The van der Waals surface area contributed by atoms with Crippen LogP contribution in [-0.4, -0.2) is 75.9 Å². The van der Waals surface area contributed by atoms with E-state index in [1.54, 1.807) is 24.5 Å². The Hall–Kier alpha value is -2.80. The van der Waals surface area contributed by atoms with Gasteiger partial charge in [-0.05, 0) is 24.5 Å². The van der Waals surface area contributed by atoms with Gasteiger partial charge in [-0.25, -0.2) is 21.5 Å². The summed E-state index contributed by atoms with van der Waals surface area (Å²) in [5, 5.41) is 14.3. The second-order valence-corrected chi connectivity index (χ2v) is 9.57. The molecule has 3 aromatic rings. The standard InChI is InChI=1S/C18H23F2N7O3S/c1-11-9-26(31(2,28)29)6-5-14(11)23-18-24-16-4-3-13(12-7-21-22-8-12)17(27(16)25-18)30-10-15(19)20/h3-4,7-8,11,14-15H,5-6,9-10H2,1-2H3,(H,21,22)(H,23,25)/t11-,14+/m1/s1. The van der Waals surface area contributed by atoms with Gasteiger partial charge in [0.25, 0.3) is 6.43 Å². The van der Waals surface area contributed by atoms with Crippen LogP contribution in [0.15, 0.2) is 24.5 Å². The van der Waals surface area contributed by atoms with Gasteiger partial charge >= 0.3 is 0 Å². The lowest BCUT2D eigenvalue weighted by Gasteiger charge is -2.35. The first-order chi connectivity index (χ1) is 14.7. The van der Waals surface area contributed by atoms with Crippen LogP contribution < -0.4 is 10.1 Å². The maximum atomic E-state index is 12.8. The number of fused-ring (bicyclic) bond motifs is 1. The van der Waals surface area contributed by atoms with Crippen LogP contribution in [0.3, 0.4) is 0 Å². The van der Waals surface area contributed by atoms with Gasteiger partial charge in [-0.3, -0.25) is 5.10 Å². The minimum atomic E-state index is -3.24. The molecule has 2 N–H and O–H groups in total. The molecule has 4 heterocycles. The Morgan fingerprint density at radius 3 is 2.84 bits per heavy atom. The van der Waals surface area contributed by atoms with E-state index in [1.165, 1.54) is 15.1 Å². The van der Waals surface area contributed by atoms with E-state index in [4.69, 9.17) is 4.74 Å². The largest absolute Gasteiger partial charge is 0.471 e. The summed E-state index contributed by atoms with van der Waals surface area (Å²) >= 11 is 0. The molecule has 0 unspecified atom stereocenters. The summed E-state index contributed by atoms with van der Waals surface area (Å²) in [4.78, 5) is 4.44. The monoisotopic (exact) mass is 455 g/mol. The van der Waals surface area contributed by atoms with E-state index in [2.05, 4.69) is 25.6 Å². The van der Waals surface area contributed by atoms with Crippen molar-refractivity contribution in [3.8, 4) is 17.0 Å². The van der Waals surface area contributed by atoms with Crippen LogP contribution in [0.5, 0.6) is 5.88 Å². The Kier molecular flexibility index (Phi) is 5.79. The van der Waals surface area contributed by atoms with Gasteiger partial charge in [-0.2, -0.15) is 14.6 Å². The molecular weight excluding hydrogens is 432 g/mol. The lowest BCUT2D eigenvalue weighted by molar-refractivity contribution is 0.0787. The Morgan fingerprint density at radius 2 is 2.19 bits per heavy atom. The molecule has 0 saturated carbocycles. The van der Waals surface area contributed by atoms with Gasteiger partial charge in [-0.15, -0.1) is 5.10 Å². The quantitative estimate of drug-likeness (QED) is 0.558. The number of sulfonamides is 1. The zero-order valence-electron chi connectivity index (χ0n) is 17.0. The number of alkyl halides is 2. The van der Waals surface area contributed by atoms with Gasteiger partial charge < -0.3 is 10.1 Å². The fourth-order valence-electron chi connectivity index (χ4n) is 3.67. The molecule has 4 rings (SSSR count). The minimum absolute atomic E-state index is 0.0332. The van der Waals surface area contributed by atoms with E-state index in [9.17, 15) is 17.2 Å². The van der Waals surface area contributed by atoms with Gasteiger partial charge in [0, 0.05) is 36.5 Å². The second kappa shape index (κ2) is 8.38. The van der Waals surface area contributed by atoms with E-state index < -0.39 is 23.1 Å². The van der Waals surface area contributed by atoms with Gasteiger partial charge in [0.15, 0.2) is 12.3 Å². The van der Waals surface area contributed by atoms with Crippen molar-refractivity contribution in [3.63, 3.8) is 0 Å². The molecule has 31 heavy (non-hydrogen) atoms. The second-order valence-electron chi connectivity index (χ2n) is 7.58. The smallest absolute Gasteiger partial charge is 0.272 e. The van der Waals surface area contributed by atoms with Gasteiger partial charge in [0.1, 0.15) is 0 Å². The number of hydrogen-bond acceptors (Lipinski definition) is 7. The maximum absolute atomic E-state index is 12.8. The van der Waals surface area contributed by atoms with E-state index in [-0.39, 0.29) is 17.8 Å². The van der Waals surface area contributed by atoms with Crippen LogP contribution in [0.4, 0.5) is 14.7 Å². The molecule has 1 aliphatic rings. The van der Waals surface area contributed by atoms with Crippen molar-refractivity contribution in [1.29, 1.82) is 0 Å². The highest BCUT2D eigenvalue weighted by atomic mass is 32.2. The number of ether oxygens (including phenoxy) is 1. The van der Waals surface area contributed by atoms with Crippen molar-refractivity contribution in [2.24, 2.45) is 5.92 Å². The summed E-state index contributed by atoms with van der Waals surface area (Å²) in [7, 11) is -3.24. The van der Waals surface area contributed by atoms with Crippen LogP contribution in [0.25, 0.3) is 16.8 Å². The molecule has 0 aromatic carbocycles. The number of nitrogens with zero attached hydrogens (tertiary/aromatic N) is 5. The fraction of sp³-hybridized carbons (Fsp3) is 0.500. The van der Waals surface area contributed by atoms with Crippen LogP contribution in [-0.2, 0) is 10.0 Å². The summed E-state index contributed by atoms with van der Waals surface area (Å²) in [5.74, 6) is 0.488. The number of aromatic amines is 1. The summed E-state index contributed by atoms with van der Waals surface area (Å²) in [6.45, 7) is 1.98. The summed E-state index contributed by atoms with van der Waals surface area (Å²) < 4.78 is 57.4. The molecule has 2 atom stereocenters. The number of hydrogen-bond donors (Lipinski definition) is 2. The Labute approximate surface area is 177 Å². The molecule has 0 bridgehead atoms. The number of pyridine rings is 1. The summed E-state index contributed by atoms with van der Waals surface area (Å²) in [6.07, 6.45) is 2.34. The molecule has 1 saturated heterocycles. The average molecular weight is 455 g/mol. The predicted molar refractivity (Wildman–Crippen MR) is 110 cm³/mol. The molecule has 0 amide bonds. The first-order valence-corrected chi connectivity index (χ1v) is 11.6. The highest BCUT2D eigenvalue weighted by molar-refractivity contribution is 7.88. The first kappa shape index (κ1) is 21.4. The fourth-order valence-corrected chi connectivity index (χ4v) is 4.62. The number of H-pyrrole nitrogens is 1. The van der Waals surface area contributed by atoms with Crippen molar-refractivity contribution in [2.75, 3.05) is 31.3 Å². The zero-order chi connectivity index (χ0) is 22.2. The number of anilines is 1. The van der Waals surface area contributed by atoms with Crippen LogP contribution in [0, 0.1) is 5.92 Å². The van der Waals surface area contributed by atoms with E-state index in [0.29, 0.717) is 42.2 Å². The number of piperidine rings is 1. The summed E-state index contributed by atoms with van der Waals surface area (Å²) in [6, 6.07) is 3.40. The molecular formula is C18H23F2N7O3S. The maximum Gasteiger partial charge on any atom is 0.272 e. The van der Waals surface area contributed by atoms with Crippen LogP contribution in [0.2, 0.25) is 0 Å². The molecule has 168 valence electrons. The Bertz CT molecular complexity index is 1150. The van der Waals surface area contributed by atoms with Gasteiger partial charge in [0.05, 0.1) is 12.5 Å². The summed E-state index contributed by atoms with van der Waals surface area (Å²) in [5.41, 5.74) is 1.64. The number of halogens is 2. The van der Waals surface area contributed by atoms with Crippen molar-refractivity contribution >= 4 is 21.6 Å². The molecule has 13 heteroatoms. The molecule has 3 aromatic heterocycles. The van der Waals surface area contributed by atoms with E-state index in [0.717, 1.165) is 0 Å². The number of nitrogens with one attached hydrogen (secondary N) is 2. The van der Waals surface area contributed by atoms with Crippen molar-refractivity contribution in [3.05, 3.63) is 24.5 Å². The highest BCUT2D eigenvalue weighted by Crippen LogP contribution is 2.31. The molecule has 0 spiro atoms. The first-order valence-electron chi connectivity index (χ1n) is 9.74. The molecule has 10 nitrogen and oxygen atoms in total. The van der Waals surface area contributed by atoms with E-state index >= 15 is 0 Å². The average Bonchev–Trinajstić information content (AvgIpc) is 3.36. The molecule has 0 radical (unpaired) electrons. The normalized spacial score (nSPS) is 20.4. The van der Waals surface area contributed by atoms with Crippen molar-refractivity contribution < 1.29 is 21.9 Å². The van der Waals surface area contributed by atoms with Crippen LogP contribution >= 0.6 is 0 Å². The molecule has 1 aliphatic heterocycles. The Balaban J connectivity index is 1.61. The van der Waals surface area contributed by atoms with Crippen molar-refractivity contribution in [1.82, 2.24) is 29.1 Å². The number of rotatable bonds is 7. The van der Waals surface area contributed by atoms with Crippen LogP contribution in [0.1, 0.15) is 13.3 Å². The highest BCUT2D eigenvalue weighted by Gasteiger charge is 2.31. The zero-order valence-corrected chi connectivity index (χ0v) is 17.8. The third kappa shape index (κ3) is 4.61.